The molecular weight excluding hydrogens is 296 g/mol. The summed E-state index contributed by atoms with van der Waals surface area (Å²) in [6.45, 7) is 2.06. The van der Waals surface area contributed by atoms with E-state index in [2.05, 4.69) is 32.0 Å². The Kier molecular flexibility index (Phi) is 4.05. The molecule has 23 heavy (non-hydrogen) atoms. The Hall–Kier alpha value is -3.16. The molecule has 0 unspecified atom stereocenters. The molecule has 8 heteroatoms. The summed E-state index contributed by atoms with van der Waals surface area (Å²) >= 11 is 0. The summed E-state index contributed by atoms with van der Waals surface area (Å²) in [4.78, 5) is 28.1. The highest BCUT2D eigenvalue weighted by atomic mass is 16.4. The zero-order chi connectivity index (χ0) is 16.2. The maximum Gasteiger partial charge on any atom is 0.356 e. The molecule has 0 bridgehead atoms. The van der Waals surface area contributed by atoms with Gasteiger partial charge in [-0.1, -0.05) is 13.3 Å². The molecule has 3 aromatic rings. The largest absolute Gasteiger partial charge is 0.476 e. The maximum absolute atomic E-state index is 11.0. The molecule has 0 saturated carbocycles. The third kappa shape index (κ3) is 3.20. The van der Waals surface area contributed by atoms with Crippen molar-refractivity contribution < 1.29 is 9.90 Å². The Labute approximate surface area is 131 Å². The van der Waals surface area contributed by atoms with Crippen molar-refractivity contribution in [3.8, 4) is 17.3 Å². The van der Waals surface area contributed by atoms with Crippen molar-refractivity contribution in [1.29, 1.82) is 0 Å². The number of aryl methyl sites for hydroxylation is 1. The zero-order valence-electron chi connectivity index (χ0n) is 12.4. The molecule has 3 aromatic heterocycles. The number of carboxylic acid groups (broad SMARTS) is 1. The fourth-order valence-corrected chi connectivity index (χ4v) is 2.08. The van der Waals surface area contributed by atoms with Crippen LogP contribution >= 0.6 is 0 Å². The van der Waals surface area contributed by atoms with E-state index in [0.717, 1.165) is 18.5 Å². The lowest BCUT2D eigenvalue weighted by atomic mass is 10.2. The lowest BCUT2D eigenvalue weighted by Crippen LogP contribution is -2.06. The van der Waals surface area contributed by atoms with Gasteiger partial charge in [-0.05, 0) is 12.5 Å². The smallest absolute Gasteiger partial charge is 0.356 e. The molecule has 0 amide bonds. The van der Waals surface area contributed by atoms with E-state index in [1.54, 1.807) is 30.9 Å². The lowest BCUT2D eigenvalue weighted by Gasteiger charge is -2.07. The number of rotatable bonds is 5. The minimum absolute atomic E-state index is 0.0401. The summed E-state index contributed by atoms with van der Waals surface area (Å²) in [5.41, 5.74) is 1.35. The molecule has 3 rings (SSSR count). The Morgan fingerprint density at radius 3 is 2.83 bits per heavy atom. The molecule has 0 atom stereocenters. The fourth-order valence-electron chi connectivity index (χ4n) is 2.08. The topological polar surface area (TPSA) is 107 Å². The normalized spacial score (nSPS) is 10.7. The predicted octanol–water partition coefficient (Wildman–Crippen LogP) is 1.77. The van der Waals surface area contributed by atoms with Crippen LogP contribution in [0.4, 0.5) is 0 Å². The first-order valence-electron chi connectivity index (χ1n) is 7.11. The molecule has 0 aliphatic carbocycles. The average molecular weight is 310 g/mol. The minimum Gasteiger partial charge on any atom is -0.476 e. The van der Waals surface area contributed by atoms with Crippen molar-refractivity contribution in [2.75, 3.05) is 0 Å². The second-order valence-corrected chi connectivity index (χ2v) is 4.83. The summed E-state index contributed by atoms with van der Waals surface area (Å²) in [6.07, 6.45) is 7.99. The molecule has 0 radical (unpaired) electrons. The quantitative estimate of drug-likeness (QED) is 0.765. The van der Waals surface area contributed by atoms with E-state index in [-0.39, 0.29) is 5.69 Å². The van der Waals surface area contributed by atoms with Gasteiger partial charge in [0.25, 0.3) is 0 Å². The number of carboxylic acids is 1. The predicted molar refractivity (Wildman–Crippen MR) is 81.1 cm³/mol. The van der Waals surface area contributed by atoms with Gasteiger partial charge < -0.3 is 5.11 Å². The second-order valence-electron chi connectivity index (χ2n) is 4.83. The Balaban J connectivity index is 2.08. The highest BCUT2D eigenvalue weighted by Crippen LogP contribution is 2.15. The summed E-state index contributed by atoms with van der Waals surface area (Å²) in [5.74, 6) is -0.149. The van der Waals surface area contributed by atoms with E-state index in [1.807, 2.05) is 0 Å². The summed E-state index contributed by atoms with van der Waals surface area (Å²) in [6, 6.07) is 3.22. The van der Waals surface area contributed by atoms with Crippen LogP contribution in [0.2, 0.25) is 0 Å². The SMILES string of the molecule is CCCc1cc(-n2ccc(C(=O)O)n2)nc(-c2cnccn2)n1. The van der Waals surface area contributed by atoms with E-state index in [0.29, 0.717) is 17.3 Å². The van der Waals surface area contributed by atoms with Crippen LogP contribution in [0.25, 0.3) is 17.3 Å². The third-order valence-electron chi connectivity index (χ3n) is 3.11. The Morgan fingerprint density at radius 1 is 1.30 bits per heavy atom. The number of aromatic nitrogens is 6. The van der Waals surface area contributed by atoms with Gasteiger partial charge in [-0.2, -0.15) is 5.10 Å². The van der Waals surface area contributed by atoms with Crippen molar-refractivity contribution in [1.82, 2.24) is 29.7 Å². The Morgan fingerprint density at radius 2 is 2.17 bits per heavy atom. The van der Waals surface area contributed by atoms with Crippen molar-refractivity contribution in [2.24, 2.45) is 0 Å². The van der Waals surface area contributed by atoms with Crippen LogP contribution in [0.5, 0.6) is 0 Å². The number of aromatic carboxylic acids is 1. The van der Waals surface area contributed by atoms with E-state index < -0.39 is 5.97 Å². The van der Waals surface area contributed by atoms with Crippen molar-refractivity contribution in [3.63, 3.8) is 0 Å². The summed E-state index contributed by atoms with van der Waals surface area (Å²) < 4.78 is 1.42. The minimum atomic E-state index is -1.08. The number of carbonyl (C=O) groups is 1. The lowest BCUT2D eigenvalue weighted by molar-refractivity contribution is 0.0690. The van der Waals surface area contributed by atoms with Gasteiger partial charge in [0.15, 0.2) is 17.3 Å². The zero-order valence-corrected chi connectivity index (χ0v) is 12.4. The van der Waals surface area contributed by atoms with Gasteiger partial charge in [-0.3, -0.25) is 4.98 Å². The van der Waals surface area contributed by atoms with Crippen LogP contribution in [0.3, 0.4) is 0 Å². The number of nitrogens with zero attached hydrogens (tertiary/aromatic N) is 6. The van der Waals surface area contributed by atoms with Crippen LogP contribution in [0.15, 0.2) is 36.9 Å². The highest BCUT2D eigenvalue weighted by Gasteiger charge is 2.12. The molecule has 1 N–H and O–H groups in total. The molecule has 0 aliphatic heterocycles. The van der Waals surface area contributed by atoms with Gasteiger partial charge in [0.2, 0.25) is 0 Å². The van der Waals surface area contributed by atoms with Crippen molar-refractivity contribution >= 4 is 5.97 Å². The first kappa shape index (κ1) is 14.8. The number of hydrogen-bond acceptors (Lipinski definition) is 6. The molecule has 0 fully saturated rings. The van der Waals surface area contributed by atoms with Crippen LogP contribution in [0, 0.1) is 0 Å². The van der Waals surface area contributed by atoms with E-state index in [1.165, 1.54) is 10.7 Å². The summed E-state index contributed by atoms with van der Waals surface area (Å²) in [7, 11) is 0. The van der Waals surface area contributed by atoms with E-state index >= 15 is 0 Å². The molecule has 0 aromatic carbocycles. The molecule has 0 spiro atoms. The standard InChI is InChI=1S/C15H14N6O2/c1-2-3-10-8-13(21-7-4-11(20-21)15(22)23)19-14(18-10)12-9-16-5-6-17-12/h4-9H,2-3H2,1H3,(H,22,23). The highest BCUT2D eigenvalue weighted by molar-refractivity contribution is 5.85. The molecular formula is C15H14N6O2. The van der Waals surface area contributed by atoms with Gasteiger partial charge in [-0.25, -0.2) is 24.4 Å². The number of hydrogen-bond donors (Lipinski definition) is 1. The van der Waals surface area contributed by atoms with Crippen LogP contribution in [-0.2, 0) is 6.42 Å². The van der Waals surface area contributed by atoms with Crippen molar-refractivity contribution in [2.45, 2.75) is 19.8 Å². The Bertz CT molecular complexity index is 831. The van der Waals surface area contributed by atoms with Gasteiger partial charge in [0, 0.05) is 30.4 Å². The average Bonchev–Trinajstić information content (AvgIpc) is 3.06. The first-order valence-corrected chi connectivity index (χ1v) is 7.11. The van der Waals surface area contributed by atoms with Crippen LogP contribution < -0.4 is 0 Å². The molecule has 8 nitrogen and oxygen atoms in total. The van der Waals surface area contributed by atoms with Gasteiger partial charge in [0.05, 0.1) is 6.20 Å². The fraction of sp³-hybridized carbons (Fsp3) is 0.200. The van der Waals surface area contributed by atoms with Gasteiger partial charge >= 0.3 is 5.97 Å². The van der Waals surface area contributed by atoms with E-state index in [4.69, 9.17) is 5.11 Å². The van der Waals surface area contributed by atoms with Crippen molar-refractivity contribution in [3.05, 3.63) is 48.3 Å². The molecule has 0 aliphatic rings. The third-order valence-corrected chi connectivity index (χ3v) is 3.11. The van der Waals surface area contributed by atoms with Crippen LogP contribution in [-0.4, -0.2) is 40.8 Å². The monoisotopic (exact) mass is 310 g/mol. The van der Waals surface area contributed by atoms with Gasteiger partial charge in [0.1, 0.15) is 5.69 Å². The molecule has 3 heterocycles. The molecule has 116 valence electrons. The van der Waals surface area contributed by atoms with E-state index in [9.17, 15) is 4.79 Å². The van der Waals surface area contributed by atoms with Gasteiger partial charge in [-0.15, -0.1) is 0 Å². The summed E-state index contributed by atoms with van der Waals surface area (Å²) in [5, 5.41) is 13.0. The van der Waals surface area contributed by atoms with Crippen LogP contribution in [0.1, 0.15) is 29.5 Å². The molecule has 0 saturated heterocycles. The second kappa shape index (κ2) is 6.30. The first-order chi connectivity index (χ1) is 11.2. The maximum atomic E-state index is 11.0.